The fraction of sp³-hybridized carbons (Fsp3) is 0.474. The van der Waals surface area contributed by atoms with Crippen molar-refractivity contribution in [2.75, 3.05) is 0 Å². The van der Waals surface area contributed by atoms with E-state index in [1.807, 2.05) is 23.1 Å². The monoisotopic (exact) mass is 384 g/mol. The van der Waals surface area contributed by atoms with E-state index in [1.54, 1.807) is 10.6 Å². The van der Waals surface area contributed by atoms with Crippen LogP contribution in [0.5, 0.6) is 0 Å². The van der Waals surface area contributed by atoms with E-state index in [0.717, 1.165) is 29.5 Å². The van der Waals surface area contributed by atoms with Gasteiger partial charge in [0, 0.05) is 12.1 Å². The number of rotatable bonds is 4. The number of imidazole rings is 1. The van der Waals surface area contributed by atoms with Gasteiger partial charge in [-0.1, -0.05) is 12.1 Å². The maximum absolute atomic E-state index is 13.2. The summed E-state index contributed by atoms with van der Waals surface area (Å²) in [6.07, 6.45) is 3.10. The normalized spacial score (nSPS) is 20.1. The predicted molar refractivity (Wildman–Crippen MR) is 104 cm³/mol. The maximum atomic E-state index is 13.2. The quantitative estimate of drug-likeness (QED) is 0.715. The highest BCUT2D eigenvalue weighted by atomic mass is 16.2. The molecule has 1 aliphatic rings. The molecular formula is C19H24N6O3. The summed E-state index contributed by atoms with van der Waals surface area (Å²) in [5, 5.41) is 4.28. The lowest BCUT2D eigenvalue weighted by molar-refractivity contribution is -0.137. The van der Waals surface area contributed by atoms with Crippen LogP contribution in [-0.4, -0.2) is 47.5 Å². The second-order valence-corrected chi connectivity index (χ2v) is 7.55. The van der Waals surface area contributed by atoms with Gasteiger partial charge in [-0.25, -0.2) is 13.9 Å². The third-order valence-electron chi connectivity index (χ3n) is 5.56. The van der Waals surface area contributed by atoms with Gasteiger partial charge in [-0.05, 0) is 45.2 Å². The third kappa shape index (κ3) is 2.87. The van der Waals surface area contributed by atoms with E-state index in [1.165, 1.54) is 4.40 Å². The lowest BCUT2D eigenvalue weighted by Gasteiger charge is -2.39. The molecule has 1 fully saturated rings. The number of aromatic nitrogens is 4. The molecule has 0 spiro atoms. The SMILES string of the molecule is C[C@H]1CCC[C@H](C)N1C(=O)Cn1c2ccccc2n2c(=O)n(CC(N)=O)nc12. The topological polar surface area (TPSA) is 108 Å². The molecule has 148 valence electrons. The predicted octanol–water partition coefficient (Wildman–Crippen LogP) is 0.726. The first-order chi connectivity index (χ1) is 13.4. The van der Waals surface area contributed by atoms with Gasteiger partial charge in [-0.2, -0.15) is 0 Å². The number of likely N-dealkylation sites (tertiary alicyclic amines) is 1. The molecule has 0 aliphatic carbocycles. The number of primary amides is 1. The second kappa shape index (κ2) is 6.81. The Kier molecular flexibility index (Phi) is 4.44. The molecule has 0 unspecified atom stereocenters. The van der Waals surface area contributed by atoms with Gasteiger partial charge in [0.05, 0.1) is 11.0 Å². The van der Waals surface area contributed by atoms with Crippen LogP contribution in [0.1, 0.15) is 33.1 Å². The van der Waals surface area contributed by atoms with Gasteiger partial charge in [0.1, 0.15) is 13.1 Å². The van der Waals surface area contributed by atoms with Crippen LogP contribution in [0.25, 0.3) is 16.8 Å². The molecule has 1 aliphatic heterocycles. The average Bonchev–Trinajstić information content (AvgIpc) is 3.10. The first kappa shape index (κ1) is 18.3. The van der Waals surface area contributed by atoms with Gasteiger partial charge in [-0.3, -0.25) is 14.2 Å². The number of carbonyl (C=O) groups excluding carboxylic acids is 2. The standard InChI is InChI=1S/C19H24N6O3/c1-12-6-5-7-13(2)24(12)17(27)11-22-14-8-3-4-9-15(14)25-18(22)21-23(19(25)28)10-16(20)26/h3-4,8-9,12-13H,5-7,10-11H2,1-2H3,(H2,20,26)/t12-,13-/m0/s1. The summed E-state index contributed by atoms with van der Waals surface area (Å²) in [5.41, 5.74) is 6.17. The number of hydrogen-bond acceptors (Lipinski definition) is 4. The highest BCUT2D eigenvalue weighted by molar-refractivity contribution is 5.85. The fourth-order valence-electron chi connectivity index (χ4n) is 4.31. The molecule has 0 bridgehead atoms. The van der Waals surface area contributed by atoms with E-state index < -0.39 is 11.6 Å². The van der Waals surface area contributed by atoms with Crippen molar-refractivity contribution < 1.29 is 9.59 Å². The average molecular weight is 384 g/mol. The summed E-state index contributed by atoms with van der Waals surface area (Å²) in [6.45, 7) is 3.92. The van der Waals surface area contributed by atoms with Gasteiger partial charge in [0.25, 0.3) is 0 Å². The fourth-order valence-corrected chi connectivity index (χ4v) is 4.31. The Bertz CT molecular complexity index is 1110. The first-order valence-corrected chi connectivity index (χ1v) is 9.54. The number of amides is 2. The van der Waals surface area contributed by atoms with Crippen LogP contribution in [0.4, 0.5) is 0 Å². The van der Waals surface area contributed by atoms with Crippen molar-refractivity contribution in [1.82, 2.24) is 23.6 Å². The Hall–Kier alpha value is -3.10. The van der Waals surface area contributed by atoms with Crippen molar-refractivity contribution in [2.45, 2.75) is 58.3 Å². The van der Waals surface area contributed by atoms with Crippen molar-refractivity contribution in [3.63, 3.8) is 0 Å². The maximum Gasteiger partial charge on any atom is 0.352 e. The molecule has 2 atom stereocenters. The van der Waals surface area contributed by atoms with Gasteiger partial charge in [-0.15, -0.1) is 5.10 Å². The highest BCUT2D eigenvalue weighted by Gasteiger charge is 2.30. The molecule has 0 saturated carbocycles. The number of piperidine rings is 1. The summed E-state index contributed by atoms with van der Waals surface area (Å²) in [5.74, 6) is -0.316. The van der Waals surface area contributed by atoms with E-state index in [-0.39, 0.29) is 31.1 Å². The van der Waals surface area contributed by atoms with Crippen LogP contribution in [-0.2, 0) is 22.7 Å². The van der Waals surface area contributed by atoms with E-state index >= 15 is 0 Å². The van der Waals surface area contributed by atoms with Gasteiger partial charge in [0.2, 0.25) is 17.6 Å². The smallest absolute Gasteiger partial charge is 0.352 e. The first-order valence-electron chi connectivity index (χ1n) is 9.54. The molecule has 0 radical (unpaired) electrons. The lowest BCUT2D eigenvalue weighted by Crippen LogP contribution is -2.48. The molecule has 2 N–H and O–H groups in total. The second-order valence-electron chi connectivity index (χ2n) is 7.55. The molecule has 2 amide bonds. The largest absolute Gasteiger partial charge is 0.368 e. The minimum atomic E-state index is -0.647. The number of hydrogen-bond donors (Lipinski definition) is 1. The van der Waals surface area contributed by atoms with Crippen molar-refractivity contribution in [2.24, 2.45) is 5.73 Å². The van der Waals surface area contributed by atoms with Crippen LogP contribution in [0, 0.1) is 0 Å². The Balaban J connectivity index is 1.82. The molecule has 3 aromatic rings. The Labute approximate surface area is 161 Å². The minimum Gasteiger partial charge on any atom is -0.368 e. The van der Waals surface area contributed by atoms with Crippen LogP contribution in [0.15, 0.2) is 29.1 Å². The van der Waals surface area contributed by atoms with E-state index in [2.05, 4.69) is 18.9 Å². The van der Waals surface area contributed by atoms with Crippen molar-refractivity contribution in [1.29, 1.82) is 0 Å². The van der Waals surface area contributed by atoms with E-state index in [4.69, 9.17) is 5.73 Å². The van der Waals surface area contributed by atoms with Gasteiger partial charge < -0.3 is 10.6 Å². The van der Waals surface area contributed by atoms with Gasteiger partial charge >= 0.3 is 5.69 Å². The van der Waals surface area contributed by atoms with Crippen LogP contribution < -0.4 is 11.4 Å². The third-order valence-corrected chi connectivity index (χ3v) is 5.56. The molecule has 2 aromatic heterocycles. The lowest BCUT2D eigenvalue weighted by atomic mass is 9.97. The molecular weight excluding hydrogens is 360 g/mol. The Morgan fingerprint density at radius 1 is 1.11 bits per heavy atom. The minimum absolute atomic E-state index is 0.000136. The van der Waals surface area contributed by atoms with Crippen molar-refractivity contribution in [3.05, 3.63) is 34.7 Å². The van der Waals surface area contributed by atoms with Gasteiger partial charge in [0.15, 0.2) is 0 Å². The molecule has 1 saturated heterocycles. The molecule has 9 nitrogen and oxygen atoms in total. The van der Waals surface area contributed by atoms with Crippen LogP contribution >= 0.6 is 0 Å². The highest BCUT2D eigenvalue weighted by Crippen LogP contribution is 2.24. The molecule has 28 heavy (non-hydrogen) atoms. The summed E-state index contributed by atoms with van der Waals surface area (Å²) in [7, 11) is 0. The summed E-state index contributed by atoms with van der Waals surface area (Å²) in [6, 6.07) is 7.70. The Morgan fingerprint density at radius 2 is 1.75 bits per heavy atom. The zero-order valence-corrected chi connectivity index (χ0v) is 16.0. The van der Waals surface area contributed by atoms with Crippen molar-refractivity contribution >= 4 is 28.6 Å². The summed E-state index contributed by atoms with van der Waals surface area (Å²) < 4.78 is 4.20. The summed E-state index contributed by atoms with van der Waals surface area (Å²) >= 11 is 0. The molecule has 4 rings (SSSR count). The number of carbonyl (C=O) groups is 2. The molecule has 9 heteroatoms. The number of nitrogens with two attached hydrogens (primary N) is 1. The van der Waals surface area contributed by atoms with E-state index in [9.17, 15) is 14.4 Å². The van der Waals surface area contributed by atoms with E-state index in [0.29, 0.717) is 11.3 Å². The van der Waals surface area contributed by atoms with Crippen LogP contribution in [0.2, 0.25) is 0 Å². The molecule has 1 aromatic carbocycles. The van der Waals surface area contributed by atoms with Crippen LogP contribution in [0.3, 0.4) is 0 Å². The zero-order valence-electron chi connectivity index (χ0n) is 16.0. The number of fused-ring (bicyclic) bond motifs is 3. The Morgan fingerprint density at radius 3 is 2.39 bits per heavy atom. The molecule has 3 heterocycles. The number of para-hydroxylation sites is 2. The zero-order chi connectivity index (χ0) is 20.0. The summed E-state index contributed by atoms with van der Waals surface area (Å²) in [4.78, 5) is 39.1. The van der Waals surface area contributed by atoms with Crippen molar-refractivity contribution in [3.8, 4) is 0 Å². The number of benzene rings is 1. The number of nitrogens with zero attached hydrogens (tertiary/aromatic N) is 5.